The Morgan fingerprint density at radius 2 is 1.65 bits per heavy atom. The van der Waals surface area contributed by atoms with Crippen molar-refractivity contribution in [1.29, 1.82) is 0 Å². The van der Waals surface area contributed by atoms with Gasteiger partial charge >= 0.3 is 0 Å². The highest BCUT2D eigenvalue weighted by atomic mass is 35.5. The van der Waals surface area contributed by atoms with Gasteiger partial charge in [0.05, 0.1) is 0 Å². The number of hydrogen-bond acceptors (Lipinski definition) is 2. The van der Waals surface area contributed by atoms with Gasteiger partial charge in [-0.25, -0.2) is 0 Å². The van der Waals surface area contributed by atoms with Crippen molar-refractivity contribution in [2.24, 2.45) is 23.7 Å². The molecule has 0 spiro atoms. The van der Waals surface area contributed by atoms with Crippen LogP contribution in [0.5, 0.6) is 0 Å². The van der Waals surface area contributed by atoms with Crippen LogP contribution in [0, 0.1) is 23.7 Å². The molecule has 3 atom stereocenters. The molecular formula is C16H27ClN2O. The van der Waals surface area contributed by atoms with Crippen molar-refractivity contribution in [3.05, 3.63) is 0 Å². The first-order chi connectivity index (χ1) is 9.34. The highest BCUT2D eigenvalue weighted by Crippen LogP contribution is 2.58. The maximum atomic E-state index is 12.5. The monoisotopic (exact) mass is 298 g/mol. The third kappa shape index (κ3) is 2.48. The Labute approximate surface area is 128 Å². The van der Waals surface area contributed by atoms with Crippen molar-refractivity contribution >= 4 is 18.3 Å². The van der Waals surface area contributed by atoms with E-state index in [1.54, 1.807) is 0 Å². The van der Waals surface area contributed by atoms with Gasteiger partial charge in [0.2, 0.25) is 5.91 Å². The summed E-state index contributed by atoms with van der Waals surface area (Å²) in [5, 5.41) is 3.63. The number of halogens is 1. The number of nitrogens with zero attached hydrogens (tertiary/aromatic N) is 1. The molecule has 4 fully saturated rings. The molecule has 0 aromatic carbocycles. The molecule has 2 saturated heterocycles. The second-order valence-corrected chi connectivity index (χ2v) is 7.15. The van der Waals surface area contributed by atoms with Crippen LogP contribution in [-0.4, -0.2) is 36.5 Å². The van der Waals surface area contributed by atoms with Crippen LogP contribution >= 0.6 is 12.4 Å². The van der Waals surface area contributed by atoms with Crippen molar-refractivity contribution < 1.29 is 4.79 Å². The number of rotatable bonds is 2. The SMILES string of the molecule is Cl.O=C(C1C2CCCC21)N1CCC(C2CCCN2)CC1. The van der Waals surface area contributed by atoms with Gasteiger partial charge in [0, 0.05) is 25.0 Å². The summed E-state index contributed by atoms with van der Waals surface area (Å²) in [6.45, 7) is 3.25. The van der Waals surface area contributed by atoms with E-state index in [1.165, 1.54) is 51.5 Å². The molecule has 0 bridgehead atoms. The van der Waals surface area contributed by atoms with Gasteiger partial charge in [-0.15, -0.1) is 12.4 Å². The molecule has 1 N–H and O–H groups in total. The number of carbonyl (C=O) groups excluding carboxylic acids is 1. The number of hydrogen-bond donors (Lipinski definition) is 1. The molecule has 3 unspecified atom stereocenters. The number of piperidine rings is 1. The van der Waals surface area contributed by atoms with E-state index in [2.05, 4.69) is 10.2 Å². The third-order valence-corrected chi connectivity index (χ3v) is 6.21. The Bertz CT molecular complexity index is 351. The molecule has 2 saturated carbocycles. The lowest BCUT2D eigenvalue weighted by atomic mass is 9.88. The molecule has 0 aromatic rings. The Hall–Kier alpha value is -0.280. The van der Waals surface area contributed by atoms with Crippen molar-refractivity contribution in [1.82, 2.24) is 10.2 Å². The van der Waals surface area contributed by atoms with Crippen LogP contribution in [0.1, 0.15) is 44.9 Å². The Morgan fingerprint density at radius 3 is 2.25 bits per heavy atom. The fourth-order valence-electron chi connectivity index (χ4n) is 5.03. The van der Waals surface area contributed by atoms with E-state index in [0.29, 0.717) is 11.8 Å². The zero-order valence-electron chi connectivity index (χ0n) is 12.2. The fourth-order valence-corrected chi connectivity index (χ4v) is 5.03. The van der Waals surface area contributed by atoms with E-state index >= 15 is 0 Å². The highest BCUT2D eigenvalue weighted by molar-refractivity contribution is 5.85. The lowest BCUT2D eigenvalue weighted by molar-refractivity contribution is -0.134. The largest absolute Gasteiger partial charge is 0.342 e. The molecule has 3 nitrogen and oxygen atoms in total. The molecule has 1 amide bonds. The normalized spacial score (nSPS) is 40.3. The van der Waals surface area contributed by atoms with Gasteiger partial charge in [-0.3, -0.25) is 4.79 Å². The van der Waals surface area contributed by atoms with Gasteiger partial charge in [0.25, 0.3) is 0 Å². The number of nitrogens with one attached hydrogen (secondary N) is 1. The van der Waals surface area contributed by atoms with E-state index in [-0.39, 0.29) is 12.4 Å². The van der Waals surface area contributed by atoms with E-state index < -0.39 is 0 Å². The zero-order chi connectivity index (χ0) is 12.8. The number of likely N-dealkylation sites (tertiary alicyclic amines) is 1. The van der Waals surface area contributed by atoms with Gasteiger partial charge in [-0.2, -0.15) is 0 Å². The first kappa shape index (κ1) is 14.6. The van der Waals surface area contributed by atoms with Gasteiger partial charge in [-0.05, 0) is 62.8 Å². The average Bonchev–Trinajstić information content (AvgIpc) is 2.91. The van der Waals surface area contributed by atoms with Gasteiger partial charge in [0.1, 0.15) is 0 Å². The topological polar surface area (TPSA) is 32.3 Å². The molecular weight excluding hydrogens is 272 g/mol. The predicted octanol–water partition coefficient (Wildman–Crippen LogP) is 2.44. The Balaban J connectivity index is 0.00000121. The van der Waals surface area contributed by atoms with Crippen molar-refractivity contribution in [3.8, 4) is 0 Å². The lowest BCUT2D eigenvalue weighted by Crippen LogP contribution is -2.44. The number of carbonyl (C=O) groups is 1. The lowest BCUT2D eigenvalue weighted by Gasteiger charge is -2.35. The van der Waals surface area contributed by atoms with Crippen molar-refractivity contribution in [3.63, 3.8) is 0 Å². The van der Waals surface area contributed by atoms with Gasteiger partial charge in [-0.1, -0.05) is 6.42 Å². The molecule has 0 aromatic heterocycles. The minimum absolute atomic E-state index is 0. The van der Waals surface area contributed by atoms with Crippen LogP contribution in [0.15, 0.2) is 0 Å². The summed E-state index contributed by atoms with van der Waals surface area (Å²) < 4.78 is 0. The van der Waals surface area contributed by atoms with E-state index in [9.17, 15) is 4.79 Å². The summed E-state index contributed by atoms with van der Waals surface area (Å²) in [5.41, 5.74) is 0. The van der Waals surface area contributed by atoms with Crippen molar-refractivity contribution in [2.45, 2.75) is 51.0 Å². The molecule has 2 aliphatic heterocycles. The second-order valence-electron chi connectivity index (χ2n) is 7.15. The summed E-state index contributed by atoms with van der Waals surface area (Å²) in [6.07, 6.45) is 9.17. The predicted molar refractivity (Wildman–Crippen MR) is 81.9 cm³/mol. The van der Waals surface area contributed by atoms with E-state index in [4.69, 9.17) is 0 Å². The smallest absolute Gasteiger partial charge is 0.226 e. The van der Waals surface area contributed by atoms with Crippen LogP contribution in [0.25, 0.3) is 0 Å². The molecule has 0 radical (unpaired) electrons. The Morgan fingerprint density at radius 1 is 0.950 bits per heavy atom. The first-order valence-corrected chi connectivity index (χ1v) is 8.37. The highest BCUT2D eigenvalue weighted by Gasteiger charge is 2.57. The molecule has 4 rings (SSSR count). The standard InChI is InChI=1S/C16H26N2O.ClH/c19-16(15-12-3-1-4-13(12)15)18-9-6-11(7-10-18)14-5-2-8-17-14;/h11-15,17H,1-10H2;1H. The molecule has 20 heavy (non-hydrogen) atoms. The van der Waals surface area contributed by atoms with Crippen LogP contribution < -0.4 is 5.32 Å². The summed E-state index contributed by atoms with van der Waals surface area (Å²) in [7, 11) is 0. The van der Waals surface area contributed by atoms with Gasteiger partial charge < -0.3 is 10.2 Å². The molecule has 2 heterocycles. The van der Waals surface area contributed by atoms with Crippen LogP contribution in [0.3, 0.4) is 0 Å². The average molecular weight is 299 g/mol. The maximum Gasteiger partial charge on any atom is 0.226 e. The minimum atomic E-state index is 0. The van der Waals surface area contributed by atoms with Gasteiger partial charge in [0.15, 0.2) is 0 Å². The quantitative estimate of drug-likeness (QED) is 0.849. The second kappa shape index (κ2) is 5.84. The summed E-state index contributed by atoms with van der Waals surface area (Å²) in [6, 6.07) is 0.748. The van der Waals surface area contributed by atoms with Crippen molar-refractivity contribution in [2.75, 3.05) is 19.6 Å². The van der Waals surface area contributed by atoms with Crippen LogP contribution in [0.2, 0.25) is 0 Å². The molecule has 4 aliphatic rings. The fraction of sp³-hybridized carbons (Fsp3) is 0.938. The minimum Gasteiger partial charge on any atom is -0.342 e. The van der Waals surface area contributed by atoms with E-state index in [1.807, 2.05) is 0 Å². The zero-order valence-corrected chi connectivity index (χ0v) is 13.0. The summed E-state index contributed by atoms with van der Waals surface area (Å²) in [4.78, 5) is 14.7. The number of fused-ring (bicyclic) bond motifs is 1. The molecule has 4 heteroatoms. The Kier molecular flexibility index (Phi) is 4.28. The molecule has 114 valence electrons. The first-order valence-electron chi connectivity index (χ1n) is 8.37. The third-order valence-electron chi connectivity index (χ3n) is 6.21. The van der Waals surface area contributed by atoms with Crippen LogP contribution in [0.4, 0.5) is 0 Å². The summed E-state index contributed by atoms with van der Waals surface area (Å²) in [5.74, 6) is 3.33. The maximum absolute atomic E-state index is 12.5. The van der Waals surface area contributed by atoms with E-state index in [0.717, 1.165) is 36.9 Å². The summed E-state index contributed by atoms with van der Waals surface area (Å²) >= 11 is 0. The molecule has 2 aliphatic carbocycles. The number of amides is 1. The van der Waals surface area contributed by atoms with Crippen LogP contribution in [-0.2, 0) is 4.79 Å².